The molecule has 0 N–H and O–H groups in total. The van der Waals surface area contributed by atoms with Gasteiger partial charge in [-0.15, -0.1) is 11.6 Å². The molecule has 0 spiro atoms. The second-order valence-corrected chi connectivity index (χ2v) is 4.60. The molecule has 4 heteroatoms. The summed E-state index contributed by atoms with van der Waals surface area (Å²) in [6.07, 6.45) is 4.08. The average molecular weight is 241 g/mol. The van der Waals surface area contributed by atoms with Gasteiger partial charge in [-0.05, 0) is 25.5 Å². The molecular weight excluding hydrogens is 224 g/mol. The Labute approximate surface area is 101 Å². The summed E-state index contributed by atoms with van der Waals surface area (Å²) in [6, 6.07) is 2.05. The zero-order valence-corrected chi connectivity index (χ0v) is 10.4. The van der Waals surface area contributed by atoms with Crippen LogP contribution in [-0.2, 0) is 4.74 Å². The van der Waals surface area contributed by atoms with Crippen LogP contribution in [0, 0.1) is 6.92 Å². The third-order valence-corrected chi connectivity index (χ3v) is 3.17. The van der Waals surface area contributed by atoms with Gasteiger partial charge >= 0.3 is 0 Å². The highest BCUT2D eigenvalue weighted by Gasteiger charge is 2.25. The second kappa shape index (κ2) is 5.02. The van der Waals surface area contributed by atoms with Crippen molar-refractivity contribution in [2.24, 2.45) is 0 Å². The van der Waals surface area contributed by atoms with Crippen molar-refractivity contribution < 1.29 is 4.74 Å². The first-order chi connectivity index (χ1) is 7.70. The summed E-state index contributed by atoms with van der Waals surface area (Å²) in [4.78, 5) is 6.45. The first-order valence-corrected chi connectivity index (χ1v) is 6.11. The summed E-state index contributed by atoms with van der Waals surface area (Å²) in [6.45, 7) is 5.94. The van der Waals surface area contributed by atoms with Crippen molar-refractivity contribution in [2.45, 2.75) is 26.1 Å². The monoisotopic (exact) mass is 240 g/mol. The summed E-state index contributed by atoms with van der Waals surface area (Å²) >= 11 is 5.87. The summed E-state index contributed by atoms with van der Waals surface area (Å²) in [5.41, 5.74) is 2.44. The summed E-state index contributed by atoms with van der Waals surface area (Å²) in [7, 11) is 0. The minimum absolute atomic E-state index is 0.123. The van der Waals surface area contributed by atoms with Crippen LogP contribution in [0.25, 0.3) is 0 Å². The maximum absolute atomic E-state index is 5.87. The molecule has 2 unspecified atom stereocenters. The van der Waals surface area contributed by atoms with E-state index in [1.807, 2.05) is 12.4 Å². The van der Waals surface area contributed by atoms with Crippen LogP contribution in [0.3, 0.4) is 0 Å². The molecule has 1 aliphatic heterocycles. The van der Waals surface area contributed by atoms with Gasteiger partial charge in [-0.3, -0.25) is 4.98 Å². The molecule has 0 aromatic carbocycles. The van der Waals surface area contributed by atoms with Crippen molar-refractivity contribution in [1.29, 1.82) is 0 Å². The average Bonchev–Trinajstić information content (AvgIpc) is 2.28. The minimum Gasteiger partial charge on any atom is -0.370 e. The second-order valence-electron chi connectivity index (χ2n) is 4.29. The number of aromatic nitrogens is 1. The Kier molecular flexibility index (Phi) is 3.66. The van der Waals surface area contributed by atoms with E-state index in [9.17, 15) is 0 Å². The van der Waals surface area contributed by atoms with E-state index in [-0.39, 0.29) is 12.2 Å². The van der Waals surface area contributed by atoms with E-state index < -0.39 is 0 Å². The first-order valence-electron chi connectivity index (χ1n) is 5.57. The van der Waals surface area contributed by atoms with Crippen LogP contribution in [0.2, 0.25) is 0 Å². The Morgan fingerprint density at radius 1 is 1.56 bits per heavy atom. The maximum Gasteiger partial charge on any atom is 0.0889 e. The number of alkyl halides is 1. The van der Waals surface area contributed by atoms with Crippen LogP contribution in [0.1, 0.15) is 12.5 Å². The SMILES string of the molecule is Cc1cnccc1N1CC(C)OC(CCl)C1. The van der Waals surface area contributed by atoms with Gasteiger partial charge in [0, 0.05) is 31.2 Å². The van der Waals surface area contributed by atoms with Crippen molar-refractivity contribution in [2.75, 3.05) is 23.9 Å². The topological polar surface area (TPSA) is 25.4 Å². The van der Waals surface area contributed by atoms with Crippen molar-refractivity contribution >= 4 is 17.3 Å². The number of hydrogen-bond acceptors (Lipinski definition) is 3. The lowest BCUT2D eigenvalue weighted by atomic mass is 10.1. The Bertz CT molecular complexity index is 359. The lowest BCUT2D eigenvalue weighted by Gasteiger charge is -2.38. The zero-order valence-electron chi connectivity index (χ0n) is 9.69. The molecule has 88 valence electrons. The number of pyridine rings is 1. The molecule has 0 amide bonds. The van der Waals surface area contributed by atoms with Crippen LogP contribution in [0.4, 0.5) is 5.69 Å². The van der Waals surface area contributed by atoms with E-state index in [0.29, 0.717) is 5.88 Å². The number of hydrogen-bond donors (Lipinski definition) is 0. The van der Waals surface area contributed by atoms with Crippen LogP contribution in [-0.4, -0.2) is 36.2 Å². The van der Waals surface area contributed by atoms with Gasteiger partial charge in [0.15, 0.2) is 0 Å². The molecule has 3 nitrogen and oxygen atoms in total. The highest BCUT2D eigenvalue weighted by atomic mass is 35.5. The van der Waals surface area contributed by atoms with Crippen LogP contribution in [0.5, 0.6) is 0 Å². The molecule has 0 radical (unpaired) electrons. The van der Waals surface area contributed by atoms with Gasteiger partial charge < -0.3 is 9.64 Å². The van der Waals surface area contributed by atoms with Crippen LogP contribution >= 0.6 is 11.6 Å². The third-order valence-electron chi connectivity index (χ3n) is 2.83. The molecule has 0 saturated carbocycles. The molecule has 16 heavy (non-hydrogen) atoms. The molecule has 1 aromatic heterocycles. The van der Waals surface area contributed by atoms with E-state index in [1.165, 1.54) is 11.3 Å². The largest absolute Gasteiger partial charge is 0.370 e. The molecule has 2 rings (SSSR count). The molecule has 2 heterocycles. The van der Waals surface area contributed by atoms with Gasteiger partial charge in [0.05, 0.1) is 18.1 Å². The number of anilines is 1. The molecular formula is C12H17ClN2O. The molecule has 1 saturated heterocycles. The van der Waals surface area contributed by atoms with Crippen molar-refractivity contribution in [3.63, 3.8) is 0 Å². The molecule has 1 aliphatic rings. The van der Waals surface area contributed by atoms with Gasteiger partial charge in [-0.1, -0.05) is 0 Å². The first kappa shape index (κ1) is 11.7. The highest BCUT2D eigenvalue weighted by molar-refractivity contribution is 6.18. The van der Waals surface area contributed by atoms with E-state index in [1.54, 1.807) is 0 Å². The molecule has 0 bridgehead atoms. The van der Waals surface area contributed by atoms with E-state index in [0.717, 1.165) is 13.1 Å². The number of rotatable bonds is 2. The number of halogens is 1. The van der Waals surface area contributed by atoms with Gasteiger partial charge in [0.1, 0.15) is 0 Å². The van der Waals surface area contributed by atoms with Gasteiger partial charge in [-0.2, -0.15) is 0 Å². The predicted molar refractivity (Wildman–Crippen MR) is 66.2 cm³/mol. The Hall–Kier alpha value is -0.800. The fourth-order valence-corrected chi connectivity index (χ4v) is 2.32. The van der Waals surface area contributed by atoms with Crippen LogP contribution in [0.15, 0.2) is 18.5 Å². The van der Waals surface area contributed by atoms with Crippen molar-refractivity contribution in [1.82, 2.24) is 4.98 Å². The lowest BCUT2D eigenvalue weighted by Crippen LogP contribution is -2.47. The Balaban J connectivity index is 2.17. The van der Waals surface area contributed by atoms with E-state index in [4.69, 9.17) is 16.3 Å². The number of morpholine rings is 1. The predicted octanol–water partition coefficient (Wildman–Crippen LogP) is 2.22. The highest BCUT2D eigenvalue weighted by Crippen LogP contribution is 2.23. The fraction of sp³-hybridized carbons (Fsp3) is 0.583. The zero-order chi connectivity index (χ0) is 11.5. The van der Waals surface area contributed by atoms with Crippen molar-refractivity contribution in [3.8, 4) is 0 Å². The fourth-order valence-electron chi connectivity index (χ4n) is 2.15. The lowest BCUT2D eigenvalue weighted by molar-refractivity contribution is -0.00336. The summed E-state index contributed by atoms with van der Waals surface area (Å²) in [5.74, 6) is 0.547. The number of nitrogens with zero attached hydrogens (tertiary/aromatic N) is 2. The smallest absolute Gasteiger partial charge is 0.0889 e. The minimum atomic E-state index is 0.123. The van der Waals surface area contributed by atoms with Crippen LogP contribution < -0.4 is 4.90 Å². The molecule has 1 fully saturated rings. The molecule has 1 aromatic rings. The number of aryl methyl sites for hydroxylation is 1. The third kappa shape index (κ3) is 2.47. The normalized spacial score (nSPS) is 25.8. The Morgan fingerprint density at radius 2 is 2.38 bits per heavy atom. The standard InChI is InChI=1S/C12H17ClN2O/c1-9-6-14-4-3-12(9)15-7-10(2)16-11(5-13)8-15/h3-4,6,10-11H,5,7-8H2,1-2H3. The maximum atomic E-state index is 5.87. The summed E-state index contributed by atoms with van der Waals surface area (Å²) in [5, 5.41) is 0. The summed E-state index contributed by atoms with van der Waals surface area (Å²) < 4.78 is 5.74. The Morgan fingerprint density at radius 3 is 3.06 bits per heavy atom. The van der Waals surface area contributed by atoms with Gasteiger partial charge in [0.2, 0.25) is 0 Å². The quantitative estimate of drug-likeness (QED) is 0.742. The van der Waals surface area contributed by atoms with Gasteiger partial charge in [-0.25, -0.2) is 0 Å². The van der Waals surface area contributed by atoms with E-state index >= 15 is 0 Å². The van der Waals surface area contributed by atoms with Crippen molar-refractivity contribution in [3.05, 3.63) is 24.0 Å². The number of ether oxygens (including phenoxy) is 1. The molecule has 2 atom stereocenters. The van der Waals surface area contributed by atoms with E-state index in [2.05, 4.69) is 29.8 Å². The molecule has 0 aliphatic carbocycles. The van der Waals surface area contributed by atoms with Gasteiger partial charge in [0.25, 0.3) is 0 Å².